The molecule has 2 aromatic rings. The number of hydrogen-bond donors (Lipinski definition) is 2. The zero-order valence-electron chi connectivity index (χ0n) is 15.7. The fourth-order valence-electron chi connectivity index (χ4n) is 3.22. The van der Waals surface area contributed by atoms with Crippen LogP contribution in [0.15, 0.2) is 48.5 Å². The molecule has 0 bridgehead atoms. The second kappa shape index (κ2) is 8.58. The number of urea groups is 1. The van der Waals surface area contributed by atoms with E-state index in [9.17, 15) is 9.59 Å². The Hall–Kier alpha value is -3.02. The van der Waals surface area contributed by atoms with Crippen LogP contribution < -0.4 is 15.4 Å². The lowest BCUT2D eigenvalue weighted by atomic mass is 10.0. The third kappa shape index (κ3) is 4.78. The Labute approximate surface area is 159 Å². The van der Waals surface area contributed by atoms with E-state index in [2.05, 4.69) is 10.6 Å². The van der Waals surface area contributed by atoms with E-state index in [1.54, 1.807) is 18.1 Å². The number of nitrogens with one attached hydrogen (secondary N) is 2. The molecule has 1 aliphatic rings. The van der Waals surface area contributed by atoms with Gasteiger partial charge in [0, 0.05) is 36.4 Å². The van der Waals surface area contributed by atoms with Crippen LogP contribution in [0.3, 0.4) is 0 Å². The van der Waals surface area contributed by atoms with E-state index in [0.717, 1.165) is 18.4 Å². The van der Waals surface area contributed by atoms with Gasteiger partial charge in [-0.25, -0.2) is 4.79 Å². The Morgan fingerprint density at radius 3 is 2.52 bits per heavy atom. The summed E-state index contributed by atoms with van der Waals surface area (Å²) in [6.45, 7) is 3.14. The molecule has 6 nitrogen and oxygen atoms in total. The maximum absolute atomic E-state index is 12.4. The van der Waals surface area contributed by atoms with Crippen LogP contribution in [0.25, 0.3) is 0 Å². The highest BCUT2D eigenvalue weighted by molar-refractivity contribution is 5.95. The van der Waals surface area contributed by atoms with Gasteiger partial charge < -0.3 is 20.3 Å². The second-order valence-corrected chi connectivity index (χ2v) is 6.71. The van der Waals surface area contributed by atoms with Gasteiger partial charge in [0.1, 0.15) is 5.75 Å². The minimum atomic E-state index is -0.132. The predicted molar refractivity (Wildman–Crippen MR) is 105 cm³/mol. The standard InChI is InChI=1S/C21H25N3O3/c1-15-6-3-4-9-19(15)20(25)22-16-10-12-24(13-11-16)21(26)23-17-7-5-8-18(14-17)27-2/h3-9,14,16H,10-13H2,1-2H3,(H,22,25)(H,23,26). The molecule has 3 amide bonds. The summed E-state index contributed by atoms with van der Waals surface area (Å²) in [5.74, 6) is 0.651. The number of hydrogen-bond acceptors (Lipinski definition) is 3. The molecule has 0 atom stereocenters. The average molecular weight is 367 g/mol. The largest absolute Gasteiger partial charge is 0.497 e. The quantitative estimate of drug-likeness (QED) is 0.870. The van der Waals surface area contributed by atoms with E-state index in [4.69, 9.17) is 4.74 Å². The van der Waals surface area contributed by atoms with Gasteiger partial charge in [-0.1, -0.05) is 24.3 Å². The maximum atomic E-state index is 12.4. The molecule has 0 spiro atoms. The second-order valence-electron chi connectivity index (χ2n) is 6.71. The lowest BCUT2D eigenvalue weighted by Crippen LogP contribution is -2.47. The third-order valence-electron chi connectivity index (χ3n) is 4.83. The van der Waals surface area contributed by atoms with Crippen molar-refractivity contribution in [2.45, 2.75) is 25.8 Å². The van der Waals surface area contributed by atoms with Crippen LogP contribution in [0, 0.1) is 6.92 Å². The van der Waals surface area contributed by atoms with Gasteiger partial charge in [-0.15, -0.1) is 0 Å². The van der Waals surface area contributed by atoms with E-state index in [1.807, 2.05) is 49.4 Å². The Balaban J connectivity index is 1.50. The van der Waals surface area contributed by atoms with Crippen LogP contribution in [0.5, 0.6) is 5.75 Å². The minimum absolute atomic E-state index is 0.0487. The number of carbonyl (C=O) groups excluding carboxylic acids is 2. The van der Waals surface area contributed by atoms with Crippen molar-refractivity contribution in [3.8, 4) is 5.75 Å². The molecule has 3 rings (SSSR count). The maximum Gasteiger partial charge on any atom is 0.321 e. The van der Waals surface area contributed by atoms with Gasteiger partial charge in [0.15, 0.2) is 0 Å². The van der Waals surface area contributed by atoms with Crippen LogP contribution >= 0.6 is 0 Å². The first-order chi connectivity index (χ1) is 13.1. The Morgan fingerprint density at radius 1 is 1.07 bits per heavy atom. The van der Waals surface area contributed by atoms with Gasteiger partial charge >= 0.3 is 6.03 Å². The lowest BCUT2D eigenvalue weighted by Gasteiger charge is -2.32. The lowest BCUT2D eigenvalue weighted by molar-refractivity contribution is 0.0918. The van der Waals surface area contributed by atoms with Crippen LogP contribution in [-0.4, -0.2) is 43.1 Å². The average Bonchev–Trinajstić information content (AvgIpc) is 2.69. The molecule has 2 aromatic carbocycles. The summed E-state index contributed by atoms with van der Waals surface area (Å²) in [4.78, 5) is 26.7. The summed E-state index contributed by atoms with van der Waals surface area (Å²) in [5, 5.41) is 5.98. The zero-order chi connectivity index (χ0) is 19.2. The SMILES string of the molecule is COc1cccc(NC(=O)N2CCC(NC(=O)c3ccccc3C)CC2)c1. The van der Waals surface area contributed by atoms with E-state index in [1.165, 1.54) is 0 Å². The molecule has 0 radical (unpaired) electrons. The highest BCUT2D eigenvalue weighted by Gasteiger charge is 2.24. The van der Waals surface area contributed by atoms with Gasteiger partial charge in [0.2, 0.25) is 0 Å². The normalized spacial score (nSPS) is 14.5. The van der Waals surface area contributed by atoms with Crippen LogP contribution in [0.4, 0.5) is 10.5 Å². The number of piperidine rings is 1. The molecular weight excluding hydrogens is 342 g/mol. The highest BCUT2D eigenvalue weighted by atomic mass is 16.5. The number of anilines is 1. The smallest absolute Gasteiger partial charge is 0.321 e. The Morgan fingerprint density at radius 2 is 1.81 bits per heavy atom. The first-order valence-electron chi connectivity index (χ1n) is 9.13. The van der Waals surface area contributed by atoms with Crippen molar-refractivity contribution in [1.82, 2.24) is 10.2 Å². The molecule has 1 aliphatic heterocycles. The molecule has 1 fully saturated rings. The van der Waals surface area contributed by atoms with Gasteiger partial charge in [0.25, 0.3) is 5.91 Å². The molecule has 1 heterocycles. The number of ether oxygens (including phenoxy) is 1. The predicted octanol–water partition coefficient (Wildman–Crippen LogP) is 3.43. The van der Waals surface area contributed by atoms with Crippen LogP contribution in [0.2, 0.25) is 0 Å². The van der Waals surface area contributed by atoms with Crippen molar-refractivity contribution < 1.29 is 14.3 Å². The topological polar surface area (TPSA) is 70.7 Å². The van der Waals surface area contributed by atoms with Crippen molar-refractivity contribution in [2.75, 3.05) is 25.5 Å². The third-order valence-corrected chi connectivity index (χ3v) is 4.83. The number of benzene rings is 2. The first kappa shape index (κ1) is 18.8. The van der Waals surface area contributed by atoms with Crippen molar-refractivity contribution >= 4 is 17.6 Å². The van der Waals surface area contributed by atoms with Crippen molar-refractivity contribution in [1.29, 1.82) is 0 Å². The van der Waals surface area contributed by atoms with Gasteiger partial charge in [-0.3, -0.25) is 4.79 Å². The van der Waals surface area contributed by atoms with Crippen molar-refractivity contribution in [2.24, 2.45) is 0 Å². The number of aryl methyl sites for hydroxylation is 1. The molecule has 27 heavy (non-hydrogen) atoms. The molecule has 0 aromatic heterocycles. The van der Waals surface area contributed by atoms with Crippen molar-refractivity contribution in [3.63, 3.8) is 0 Å². The van der Waals surface area contributed by atoms with Crippen LogP contribution in [0.1, 0.15) is 28.8 Å². The number of nitrogens with zero attached hydrogens (tertiary/aromatic N) is 1. The zero-order valence-corrected chi connectivity index (χ0v) is 15.7. The number of methoxy groups -OCH3 is 1. The van der Waals surface area contributed by atoms with Gasteiger partial charge in [-0.2, -0.15) is 0 Å². The monoisotopic (exact) mass is 367 g/mol. The molecule has 142 valence electrons. The molecule has 0 aliphatic carbocycles. The number of likely N-dealkylation sites (tertiary alicyclic amines) is 1. The van der Waals surface area contributed by atoms with E-state index >= 15 is 0 Å². The summed E-state index contributed by atoms with van der Waals surface area (Å²) in [6.07, 6.45) is 1.48. The molecule has 1 saturated heterocycles. The van der Waals surface area contributed by atoms with E-state index < -0.39 is 0 Å². The summed E-state index contributed by atoms with van der Waals surface area (Å²) in [6, 6.07) is 14.8. The molecule has 2 N–H and O–H groups in total. The fourth-order valence-corrected chi connectivity index (χ4v) is 3.22. The first-order valence-corrected chi connectivity index (χ1v) is 9.13. The molecular formula is C21H25N3O3. The minimum Gasteiger partial charge on any atom is -0.497 e. The fraction of sp³-hybridized carbons (Fsp3) is 0.333. The molecule has 0 unspecified atom stereocenters. The molecule has 0 saturated carbocycles. The number of carbonyl (C=O) groups is 2. The summed E-state index contributed by atoms with van der Waals surface area (Å²) in [7, 11) is 1.59. The summed E-state index contributed by atoms with van der Waals surface area (Å²) < 4.78 is 5.17. The van der Waals surface area contributed by atoms with Crippen LogP contribution in [-0.2, 0) is 0 Å². The highest BCUT2D eigenvalue weighted by Crippen LogP contribution is 2.18. The number of amides is 3. The van der Waals surface area contributed by atoms with Gasteiger partial charge in [-0.05, 0) is 43.5 Å². The molecule has 6 heteroatoms. The van der Waals surface area contributed by atoms with Crippen molar-refractivity contribution in [3.05, 3.63) is 59.7 Å². The summed E-state index contributed by atoms with van der Waals surface area (Å²) in [5.41, 5.74) is 2.37. The van der Waals surface area contributed by atoms with Gasteiger partial charge in [0.05, 0.1) is 7.11 Å². The Bertz CT molecular complexity index is 814. The van der Waals surface area contributed by atoms with E-state index in [-0.39, 0.29) is 18.0 Å². The number of rotatable bonds is 4. The van der Waals surface area contributed by atoms with E-state index in [0.29, 0.717) is 30.1 Å². The Kier molecular flexibility index (Phi) is 5.96. The summed E-state index contributed by atoms with van der Waals surface area (Å²) >= 11 is 0.